The summed E-state index contributed by atoms with van der Waals surface area (Å²) in [5, 5.41) is 10.7. The van der Waals surface area contributed by atoms with Gasteiger partial charge in [0.2, 0.25) is 0 Å². The number of hydrogen-bond donors (Lipinski definition) is 1. The van der Waals surface area contributed by atoms with Crippen LogP contribution in [0.3, 0.4) is 0 Å². The Hall–Kier alpha value is -2.55. The van der Waals surface area contributed by atoms with Gasteiger partial charge in [0.1, 0.15) is 5.75 Å². The number of hydrogen-bond acceptors (Lipinski definition) is 3. The highest BCUT2D eigenvalue weighted by Gasteiger charge is 2.25. The van der Waals surface area contributed by atoms with Crippen LogP contribution < -0.4 is 4.90 Å². The molecule has 1 unspecified atom stereocenters. The van der Waals surface area contributed by atoms with Crippen molar-refractivity contribution in [3.8, 4) is 5.75 Å². The molecule has 0 aliphatic carbocycles. The van der Waals surface area contributed by atoms with Crippen molar-refractivity contribution in [1.82, 2.24) is 0 Å². The first-order valence-corrected chi connectivity index (χ1v) is 10.8. The predicted molar refractivity (Wildman–Crippen MR) is 124 cm³/mol. The Morgan fingerprint density at radius 1 is 0.966 bits per heavy atom. The van der Waals surface area contributed by atoms with E-state index in [1.807, 2.05) is 24.4 Å². The van der Waals surface area contributed by atoms with Crippen LogP contribution in [-0.2, 0) is 12.8 Å². The third-order valence-electron chi connectivity index (χ3n) is 5.80. The molecule has 0 saturated heterocycles. The normalized spacial score (nSPS) is 16.3. The lowest BCUT2D eigenvalue weighted by Crippen LogP contribution is -2.25. The second kappa shape index (κ2) is 8.86. The van der Waals surface area contributed by atoms with E-state index in [-0.39, 0.29) is 6.17 Å². The second-order valence-corrected chi connectivity index (χ2v) is 8.43. The van der Waals surface area contributed by atoms with Crippen molar-refractivity contribution >= 4 is 11.9 Å². The zero-order valence-electron chi connectivity index (χ0n) is 18.6. The van der Waals surface area contributed by atoms with Crippen LogP contribution in [0.5, 0.6) is 5.75 Å². The molecule has 0 fully saturated rings. The molecule has 0 radical (unpaired) electrons. The number of benzene rings is 2. The van der Waals surface area contributed by atoms with Gasteiger partial charge in [-0.2, -0.15) is 0 Å². The first-order chi connectivity index (χ1) is 13.9. The quantitative estimate of drug-likeness (QED) is 0.584. The van der Waals surface area contributed by atoms with E-state index in [4.69, 9.17) is 4.99 Å². The molecule has 1 atom stereocenters. The maximum absolute atomic E-state index is 10.7. The van der Waals surface area contributed by atoms with Crippen molar-refractivity contribution < 1.29 is 5.11 Å². The van der Waals surface area contributed by atoms with Gasteiger partial charge in [0.25, 0.3) is 0 Å². The molecule has 0 amide bonds. The minimum Gasteiger partial charge on any atom is -0.508 e. The fourth-order valence-electron chi connectivity index (χ4n) is 4.19. The summed E-state index contributed by atoms with van der Waals surface area (Å²) in [6.45, 7) is 13.4. The van der Waals surface area contributed by atoms with E-state index in [2.05, 4.69) is 70.8 Å². The van der Waals surface area contributed by atoms with E-state index >= 15 is 0 Å². The highest BCUT2D eigenvalue weighted by Crippen LogP contribution is 2.39. The largest absolute Gasteiger partial charge is 0.508 e. The van der Waals surface area contributed by atoms with Crippen LogP contribution in [-0.4, -0.2) is 11.3 Å². The predicted octanol–water partition coefficient (Wildman–Crippen LogP) is 6.87. The number of anilines is 1. The van der Waals surface area contributed by atoms with Crippen LogP contribution in [0.4, 0.5) is 5.69 Å². The first kappa shape index (κ1) is 21.2. The van der Waals surface area contributed by atoms with Crippen LogP contribution in [0.1, 0.15) is 87.4 Å². The molecule has 154 valence electrons. The summed E-state index contributed by atoms with van der Waals surface area (Å²) in [5.74, 6) is 1.22. The molecule has 29 heavy (non-hydrogen) atoms. The lowest BCUT2D eigenvalue weighted by Gasteiger charge is -2.32. The highest BCUT2D eigenvalue weighted by atomic mass is 16.3. The van der Waals surface area contributed by atoms with E-state index in [0.717, 1.165) is 29.7 Å². The van der Waals surface area contributed by atoms with Crippen molar-refractivity contribution in [1.29, 1.82) is 0 Å². The highest BCUT2D eigenvalue weighted by molar-refractivity contribution is 5.76. The number of aliphatic imine (C=N–C) groups is 1. The van der Waals surface area contributed by atoms with Crippen molar-refractivity contribution in [2.24, 2.45) is 4.99 Å². The number of rotatable bonds is 6. The number of phenols is 1. The Kier molecular flexibility index (Phi) is 6.46. The van der Waals surface area contributed by atoms with E-state index in [9.17, 15) is 5.11 Å². The molecule has 3 heteroatoms. The fourth-order valence-corrected chi connectivity index (χ4v) is 4.19. The van der Waals surface area contributed by atoms with Crippen molar-refractivity contribution in [3.05, 3.63) is 70.4 Å². The maximum Gasteiger partial charge on any atom is 0.154 e. The molecule has 2 aromatic rings. The molecule has 1 N–H and O–H groups in total. The molecule has 1 aliphatic rings. The van der Waals surface area contributed by atoms with Gasteiger partial charge in [-0.3, -0.25) is 4.99 Å². The minimum absolute atomic E-state index is 0.265. The van der Waals surface area contributed by atoms with Crippen molar-refractivity contribution in [2.75, 3.05) is 4.90 Å². The molecule has 1 heterocycles. The van der Waals surface area contributed by atoms with Crippen LogP contribution >= 0.6 is 0 Å². The standard InChI is InChI=1S/C26H34N2O/c1-7-19-10-11-22(25(29)14-19)26-27-12-9-13-28(26)20-15-23(17(3)4)21(8-2)24(16-20)18(5)6/h9-18,26,29H,7-8H2,1-6H3. The minimum atomic E-state index is -0.265. The number of aryl methyl sites for hydroxylation is 1. The second-order valence-electron chi connectivity index (χ2n) is 8.43. The average molecular weight is 391 g/mol. The van der Waals surface area contributed by atoms with Crippen LogP contribution in [0.2, 0.25) is 0 Å². The van der Waals surface area contributed by atoms with Crippen molar-refractivity contribution in [3.63, 3.8) is 0 Å². The summed E-state index contributed by atoms with van der Waals surface area (Å²) < 4.78 is 0. The van der Waals surface area contributed by atoms with Crippen LogP contribution in [0, 0.1) is 0 Å². The number of nitrogens with zero attached hydrogens (tertiary/aromatic N) is 2. The third kappa shape index (κ3) is 4.24. The van der Waals surface area contributed by atoms with Gasteiger partial charge in [-0.1, -0.05) is 53.7 Å². The van der Waals surface area contributed by atoms with Crippen LogP contribution in [0.25, 0.3) is 0 Å². The Balaban J connectivity index is 2.12. The molecule has 1 aliphatic heterocycles. The monoisotopic (exact) mass is 390 g/mol. The van der Waals surface area contributed by atoms with E-state index in [1.165, 1.54) is 16.7 Å². The third-order valence-corrected chi connectivity index (χ3v) is 5.80. The van der Waals surface area contributed by atoms with Gasteiger partial charge in [0.15, 0.2) is 6.17 Å². The van der Waals surface area contributed by atoms with Gasteiger partial charge in [-0.05, 0) is 71.2 Å². The molecule has 0 spiro atoms. The number of phenolic OH excluding ortho intramolecular Hbond substituents is 1. The summed E-state index contributed by atoms with van der Waals surface area (Å²) in [7, 11) is 0. The van der Waals surface area contributed by atoms with Crippen molar-refractivity contribution in [2.45, 2.75) is 72.4 Å². The zero-order valence-corrected chi connectivity index (χ0v) is 18.6. The summed E-state index contributed by atoms with van der Waals surface area (Å²) in [6.07, 6.45) is 7.53. The first-order valence-electron chi connectivity index (χ1n) is 10.8. The van der Waals surface area contributed by atoms with E-state index in [1.54, 1.807) is 0 Å². The zero-order chi connectivity index (χ0) is 21.1. The Morgan fingerprint density at radius 3 is 2.14 bits per heavy atom. The molecular weight excluding hydrogens is 356 g/mol. The van der Waals surface area contributed by atoms with Gasteiger partial charge in [-0.25, -0.2) is 0 Å². The number of aromatic hydroxyl groups is 1. The molecule has 0 aromatic heterocycles. The smallest absolute Gasteiger partial charge is 0.154 e. The Labute approximate surface area is 175 Å². The Morgan fingerprint density at radius 2 is 1.62 bits per heavy atom. The summed E-state index contributed by atoms with van der Waals surface area (Å²) in [4.78, 5) is 6.90. The molecule has 3 nitrogen and oxygen atoms in total. The van der Waals surface area contributed by atoms with Gasteiger partial charge in [-0.15, -0.1) is 0 Å². The lowest BCUT2D eigenvalue weighted by atomic mass is 9.86. The van der Waals surface area contributed by atoms with Gasteiger partial charge in [0.05, 0.1) is 0 Å². The van der Waals surface area contributed by atoms with Gasteiger partial charge >= 0.3 is 0 Å². The average Bonchev–Trinajstić information content (AvgIpc) is 2.72. The molecule has 2 aromatic carbocycles. The fraction of sp³-hybridized carbons (Fsp3) is 0.423. The van der Waals surface area contributed by atoms with Crippen LogP contribution in [0.15, 0.2) is 47.6 Å². The topological polar surface area (TPSA) is 35.8 Å². The molecule has 0 saturated carbocycles. The molecule has 0 bridgehead atoms. The Bertz CT molecular complexity index is 895. The lowest BCUT2D eigenvalue weighted by molar-refractivity contribution is 0.461. The van der Waals surface area contributed by atoms with E-state index < -0.39 is 0 Å². The van der Waals surface area contributed by atoms with Gasteiger partial charge < -0.3 is 10.0 Å². The summed E-state index contributed by atoms with van der Waals surface area (Å²) in [5.41, 5.74) is 7.37. The molecular formula is C26H34N2O. The maximum atomic E-state index is 10.7. The SMILES string of the molecule is CCc1ccc(C2N=CC=CN2c2cc(C(C)C)c(CC)c(C(C)C)c2)c(O)c1. The summed E-state index contributed by atoms with van der Waals surface area (Å²) >= 11 is 0. The van der Waals surface area contributed by atoms with E-state index in [0.29, 0.717) is 17.6 Å². The number of allylic oxidation sites excluding steroid dienone is 1. The summed E-state index contributed by atoms with van der Waals surface area (Å²) in [6, 6.07) is 10.6. The van der Waals surface area contributed by atoms with Gasteiger partial charge in [0, 0.05) is 23.7 Å². The molecule has 3 rings (SSSR count).